The highest BCUT2D eigenvalue weighted by atomic mass is 35.5. The zero-order chi connectivity index (χ0) is 16.9. The maximum atomic E-state index is 11.9. The topological polar surface area (TPSA) is 84.6 Å². The van der Waals surface area contributed by atoms with Crippen LogP contribution in [0.5, 0.6) is 0 Å². The van der Waals surface area contributed by atoms with Crippen LogP contribution in [-0.2, 0) is 17.8 Å². The largest absolute Gasteiger partial charge is 0.444 e. The Morgan fingerprint density at radius 2 is 2.00 bits per heavy atom. The van der Waals surface area contributed by atoms with Crippen molar-refractivity contribution in [1.29, 1.82) is 0 Å². The van der Waals surface area contributed by atoms with Gasteiger partial charge in [0.15, 0.2) is 0 Å². The van der Waals surface area contributed by atoms with Crippen molar-refractivity contribution in [3.05, 3.63) is 65.2 Å². The number of nitrogens with one attached hydrogen (secondary N) is 1. The van der Waals surface area contributed by atoms with Crippen LogP contribution in [0, 0.1) is 0 Å². The number of aryl methyl sites for hydroxylation is 1. The monoisotopic (exact) mass is 362 g/mol. The summed E-state index contributed by atoms with van der Waals surface area (Å²) in [5.41, 5.74) is 9.44. The predicted molar refractivity (Wildman–Crippen MR) is 99.8 cm³/mol. The minimum atomic E-state index is -0.651. The fourth-order valence-corrected chi connectivity index (χ4v) is 2.98. The summed E-state index contributed by atoms with van der Waals surface area (Å²) in [7, 11) is 0. The molecule has 0 fully saturated rings. The summed E-state index contributed by atoms with van der Waals surface area (Å²) in [6.07, 6.45) is 1.41. The Morgan fingerprint density at radius 1 is 1.24 bits per heavy atom. The van der Waals surface area contributed by atoms with Crippen LogP contribution in [0.25, 0.3) is 0 Å². The van der Waals surface area contributed by atoms with Crippen LogP contribution in [0.3, 0.4) is 0 Å². The number of fused-ring (bicyclic) bond motifs is 1. The van der Waals surface area contributed by atoms with E-state index in [1.54, 1.807) is 6.07 Å². The molecule has 0 spiro atoms. The lowest BCUT2D eigenvalue weighted by Crippen LogP contribution is -2.27. The molecular formula is C19H23ClN2O3. The molecule has 0 saturated heterocycles. The number of rotatable bonds is 3. The number of ether oxygens (including phenoxy) is 1. The molecule has 0 bridgehead atoms. The lowest BCUT2D eigenvalue weighted by Gasteiger charge is -2.18. The van der Waals surface area contributed by atoms with Gasteiger partial charge >= 0.3 is 6.09 Å². The van der Waals surface area contributed by atoms with Crippen LogP contribution in [0.2, 0.25) is 0 Å². The van der Waals surface area contributed by atoms with Gasteiger partial charge in [0.05, 0.1) is 6.10 Å². The van der Waals surface area contributed by atoms with E-state index in [2.05, 4.69) is 5.32 Å². The zero-order valence-electron chi connectivity index (χ0n) is 13.9. The molecule has 0 aliphatic heterocycles. The summed E-state index contributed by atoms with van der Waals surface area (Å²) in [6.45, 7) is 0.227. The second kappa shape index (κ2) is 8.85. The van der Waals surface area contributed by atoms with Crippen molar-refractivity contribution in [3.8, 4) is 0 Å². The maximum absolute atomic E-state index is 11.9. The molecule has 0 saturated carbocycles. The van der Waals surface area contributed by atoms with Crippen molar-refractivity contribution in [1.82, 2.24) is 0 Å². The minimum absolute atomic E-state index is 0. The second-order valence-corrected chi connectivity index (χ2v) is 6.10. The van der Waals surface area contributed by atoms with Gasteiger partial charge in [-0.05, 0) is 48.1 Å². The van der Waals surface area contributed by atoms with Gasteiger partial charge in [0.2, 0.25) is 0 Å². The SMILES string of the molecule is Cl.NC1CCCc2cc(NC(=O)OCc3ccccc3)ccc2C1O. The highest BCUT2D eigenvalue weighted by molar-refractivity contribution is 5.85. The van der Waals surface area contributed by atoms with Gasteiger partial charge in [-0.25, -0.2) is 4.79 Å². The summed E-state index contributed by atoms with van der Waals surface area (Å²) in [5.74, 6) is 0. The van der Waals surface area contributed by atoms with E-state index in [0.717, 1.165) is 36.0 Å². The van der Waals surface area contributed by atoms with Crippen molar-refractivity contribution < 1.29 is 14.6 Å². The Morgan fingerprint density at radius 3 is 2.76 bits per heavy atom. The summed E-state index contributed by atoms with van der Waals surface area (Å²) < 4.78 is 5.22. The molecule has 5 nitrogen and oxygen atoms in total. The average Bonchev–Trinajstić information content (AvgIpc) is 2.73. The fraction of sp³-hybridized carbons (Fsp3) is 0.316. The Balaban J connectivity index is 0.00000225. The van der Waals surface area contributed by atoms with Crippen LogP contribution in [0.15, 0.2) is 48.5 Å². The van der Waals surface area contributed by atoms with Gasteiger partial charge in [-0.2, -0.15) is 0 Å². The van der Waals surface area contributed by atoms with E-state index in [-0.39, 0.29) is 25.1 Å². The van der Waals surface area contributed by atoms with E-state index in [1.165, 1.54) is 0 Å². The molecule has 134 valence electrons. The van der Waals surface area contributed by atoms with Gasteiger partial charge in [-0.1, -0.05) is 36.4 Å². The molecule has 1 aliphatic rings. The molecule has 2 unspecified atom stereocenters. The number of halogens is 1. The summed E-state index contributed by atoms with van der Waals surface area (Å²) >= 11 is 0. The number of aliphatic hydroxyl groups is 1. The van der Waals surface area contributed by atoms with E-state index >= 15 is 0 Å². The van der Waals surface area contributed by atoms with E-state index in [4.69, 9.17) is 10.5 Å². The zero-order valence-corrected chi connectivity index (χ0v) is 14.7. The minimum Gasteiger partial charge on any atom is -0.444 e. The number of hydrogen-bond donors (Lipinski definition) is 3. The third-order valence-electron chi connectivity index (χ3n) is 4.31. The van der Waals surface area contributed by atoms with E-state index in [0.29, 0.717) is 5.69 Å². The number of amides is 1. The first-order chi connectivity index (χ1) is 11.6. The number of aliphatic hydroxyl groups excluding tert-OH is 1. The molecule has 25 heavy (non-hydrogen) atoms. The first kappa shape index (κ1) is 19.2. The standard InChI is InChI=1S/C19H22N2O3.ClH/c20-17-8-4-7-14-11-15(9-10-16(14)18(17)22)21-19(23)24-12-13-5-2-1-3-6-13;/h1-3,5-6,9-11,17-18,22H,4,7-8,12,20H2,(H,21,23);1H. The molecule has 0 heterocycles. The van der Waals surface area contributed by atoms with Crippen molar-refractivity contribution in [2.45, 2.75) is 38.0 Å². The highest BCUT2D eigenvalue weighted by Gasteiger charge is 2.23. The normalized spacial score (nSPS) is 19.1. The van der Waals surface area contributed by atoms with Gasteiger partial charge < -0.3 is 15.6 Å². The number of hydrogen-bond acceptors (Lipinski definition) is 4. The van der Waals surface area contributed by atoms with Crippen molar-refractivity contribution >= 4 is 24.2 Å². The van der Waals surface area contributed by atoms with Crippen molar-refractivity contribution in [3.63, 3.8) is 0 Å². The Hall–Kier alpha value is -2.08. The average molecular weight is 363 g/mol. The molecule has 2 atom stereocenters. The van der Waals surface area contributed by atoms with Gasteiger partial charge in [0, 0.05) is 11.7 Å². The Labute approximate surface area is 153 Å². The smallest absolute Gasteiger partial charge is 0.411 e. The molecule has 3 rings (SSSR count). The summed E-state index contributed by atoms with van der Waals surface area (Å²) in [4.78, 5) is 11.9. The predicted octanol–water partition coefficient (Wildman–Crippen LogP) is 3.55. The summed E-state index contributed by atoms with van der Waals surface area (Å²) in [6, 6.07) is 14.8. The van der Waals surface area contributed by atoms with Crippen LogP contribution < -0.4 is 11.1 Å². The van der Waals surface area contributed by atoms with Crippen LogP contribution in [-0.4, -0.2) is 17.2 Å². The Bertz CT molecular complexity index is 709. The Kier molecular flexibility index (Phi) is 6.82. The second-order valence-electron chi connectivity index (χ2n) is 6.10. The molecule has 1 amide bonds. The number of anilines is 1. The van der Waals surface area contributed by atoms with E-state index in [1.807, 2.05) is 42.5 Å². The van der Waals surface area contributed by atoms with Gasteiger partial charge in [-0.15, -0.1) is 12.4 Å². The maximum Gasteiger partial charge on any atom is 0.411 e. The first-order valence-corrected chi connectivity index (χ1v) is 8.17. The lowest BCUT2D eigenvalue weighted by atomic mass is 9.98. The van der Waals surface area contributed by atoms with Gasteiger partial charge in [-0.3, -0.25) is 5.32 Å². The lowest BCUT2D eigenvalue weighted by molar-refractivity contribution is 0.144. The van der Waals surface area contributed by atoms with Crippen molar-refractivity contribution in [2.24, 2.45) is 5.73 Å². The third kappa shape index (κ3) is 4.95. The molecule has 2 aromatic rings. The number of carbonyl (C=O) groups excluding carboxylic acids is 1. The number of carbonyl (C=O) groups is 1. The first-order valence-electron chi connectivity index (χ1n) is 8.17. The number of nitrogens with two attached hydrogens (primary N) is 1. The molecule has 4 N–H and O–H groups in total. The molecular weight excluding hydrogens is 340 g/mol. The van der Waals surface area contributed by atoms with Crippen LogP contribution >= 0.6 is 12.4 Å². The highest BCUT2D eigenvalue weighted by Crippen LogP contribution is 2.30. The quantitative estimate of drug-likeness (QED) is 0.729. The van der Waals surface area contributed by atoms with Gasteiger partial charge in [0.1, 0.15) is 6.61 Å². The molecule has 1 aliphatic carbocycles. The van der Waals surface area contributed by atoms with E-state index in [9.17, 15) is 9.90 Å². The molecule has 2 aromatic carbocycles. The molecule has 0 radical (unpaired) electrons. The third-order valence-corrected chi connectivity index (χ3v) is 4.31. The summed E-state index contributed by atoms with van der Waals surface area (Å²) in [5, 5.41) is 13.0. The van der Waals surface area contributed by atoms with E-state index < -0.39 is 12.2 Å². The van der Waals surface area contributed by atoms with Crippen LogP contribution in [0.1, 0.15) is 35.6 Å². The number of benzene rings is 2. The fourth-order valence-electron chi connectivity index (χ4n) is 2.98. The van der Waals surface area contributed by atoms with Crippen molar-refractivity contribution in [2.75, 3.05) is 5.32 Å². The molecule has 6 heteroatoms. The van der Waals surface area contributed by atoms with Gasteiger partial charge in [0.25, 0.3) is 0 Å². The molecule has 0 aromatic heterocycles. The van der Waals surface area contributed by atoms with Crippen LogP contribution in [0.4, 0.5) is 10.5 Å².